The molecule has 96 valence electrons. The lowest BCUT2D eigenvalue weighted by atomic mass is 9.72. The monoisotopic (exact) mass is 239 g/mol. The molecule has 4 heteroatoms. The first-order valence-corrected chi connectivity index (χ1v) is 6.73. The molecule has 2 aliphatic heterocycles. The summed E-state index contributed by atoms with van der Waals surface area (Å²) in [5, 5.41) is 9.01. The van der Waals surface area contributed by atoms with E-state index in [1.807, 2.05) is 0 Å². The van der Waals surface area contributed by atoms with Crippen LogP contribution in [0.3, 0.4) is 0 Å². The Hall–Kier alpha value is -0.610. The molecule has 1 saturated carbocycles. The summed E-state index contributed by atoms with van der Waals surface area (Å²) in [6, 6.07) is 0.532. The van der Waals surface area contributed by atoms with Crippen molar-refractivity contribution in [3.63, 3.8) is 0 Å². The Labute approximate surface area is 102 Å². The molecule has 0 bridgehead atoms. The average molecular weight is 239 g/mol. The third kappa shape index (κ3) is 2.08. The van der Waals surface area contributed by atoms with E-state index in [1.54, 1.807) is 0 Å². The van der Waals surface area contributed by atoms with E-state index in [0.717, 1.165) is 32.5 Å². The zero-order valence-corrected chi connectivity index (χ0v) is 10.2. The van der Waals surface area contributed by atoms with E-state index in [1.165, 1.54) is 25.9 Å². The summed E-state index contributed by atoms with van der Waals surface area (Å²) in [4.78, 5) is 13.4. The fourth-order valence-electron chi connectivity index (χ4n) is 3.71. The van der Waals surface area contributed by atoms with Crippen LogP contribution >= 0.6 is 0 Å². The van der Waals surface area contributed by atoms with Crippen LogP contribution in [-0.2, 0) is 9.53 Å². The maximum atomic E-state index is 10.9. The van der Waals surface area contributed by atoms with Gasteiger partial charge in [0.25, 0.3) is 0 Å². The van der Waals surface area contributed by atoms with E-state index in [0.29, 0.717) is 11.5 Å². The van der Waals surface area contributed by atoms with E-state index >= 15 is 0 Å². The molecule has 2 heterocycles. The van der Waals surface area contributed by atoms with E-state index in [2.05, 4.69) is 4.90 Å². The van der Waals surface area contributed by atoms with E-state index in [4.69, 9.17) is 9.84 Å². The molecule has 4 nitrogen and oxygen atoms in total. The van der Waals surface area contributed by atoms with Crippen molar-refractivity contribution in [1.82, 2.24) is 4.90 Å². The summed E-state index contributed by atoms with van der Waals surface area (Å²) >= 11 is 0. The van der Waals surface area contributed by atoms with Gasteiger partial charge in [-0.3, -0.25) is 9.69 Å². The predicted octanol–water partition coefficient (Wildman–Crippen LogP) is 1.35. The molecule has 2 unspecified atom stereocenters. The number of carboxylic acid groups (broad SMARTS) is 1. The molecule has 17 heavy (non-hydrogen) atoms. The second-order valence-electron chi connectivity index (χ2n) is 6.02. The smallest absolute Gasteiger partial charge is 0.306 e. The van der Waals surface area contributed by atoms with Gasteiger partial charge in [0.15, 0.2) is 0 Å². The molecular formula is C13H21NO3. The van der Waals surface area contributed by atoms with Crippen molar-refractivity contribution >= 4 is 5.97 Å². The first kappa shape index (κ1) is 11.5. The number of aliphatic carboxylic acids is 1. The maximum absolute atomic E-state index is 10.9. The third-order valence-electron chi connectivity index (χ3n) is 4.90. The molecule has 3 rings (SSSR count). The summed E-state index contributed by atoms with van der Waals surface area (Å²) in [5.74, 6) is -0.694. The van der Waals surface area contributed by atoms with Crippen molar-refractivity contribution in [2.45, 2.75) is 38.1 Å². The van der Waals surface area contributed by atoms with E-state index < -0.39 is 5.97 Å². The quantitative estimate of drug-likeness (QED) is 0.790. The minimum absolute atomic E-state index is 0.0914. The van der Waals surface area contributed by atoms with E-state index in [-0.39, 0.29) is 5.92 Å². The Balaban J connectivity index is 1.51. The van der Waals surface area contributed by atoms with Crippen LogP contribution in [0.15, 0.2) is 0 Å². The fraction of sp³-hybridized carbons (Fsp3) is 0.923. The van der Waals surface area contributed by atoms with Gasteiger partial charge in [-0.25, -0.2) is 0 Å². The number of hydrogen-bond acceptors (Lipinski definition) is 3. The van der Waals surface area contributed by atoms with Gasteiger partial charge in [0.2, 0.25) is 0 Å². The molecule has 3 aliphatic rings. The largest absolute Gasteiger partial charge is 0.481 e. The van der Waals surface area contributed by atoms with Gasteiger partial charge in [-0.05, 0) is 32.1 Å². The standard InChI is InChI=1S/C13H21NO3/c15-12(16)10-1-2-11(7-10)14-8-13(9-14)3-5-17-6-4-13/h10-11H,1-9H2,(H,15,16). The molecule has 2 saturated heterocycles. The Kier molecular flexibility index (Phi) is 2.87. The Morgan fingerprint density at radius 3 is 2.53 bits per heavy atom. The van der Waals surface area contributed by atoms with Gasteiger partial charge in [-0.1, -0.05) is 0 Å². The number of likely N-dealkylation sites (tertiary alicyclic amines) is 1. The zero-order valence-electron chi connectivity index (χ0n) is 10.2. The normalized spacial score (nSPS) is 36.9. The molecule has 1 N–H and O–H groups in total. The van der Waals surface area contributed by atoms with Gasteiger partial charge in [-0.15, -0.1) is 0 Å². The molecule has 0 amide bonds. The van der Waals surface area contributed by atoms with Crippen LogP contribution in [0.4, 0.5) is 0 Å². The molecule has 3 fully saturated rings. The topological polar surface area (TPSA) is 49.8 Å². The molecule has 0 aromatic rings. The van der Waals surface area contributed by atoms with Crippen LogP contribution in [0.2, 0.25) is 0 Å². The average Bonchev–Trinajstić information content (AvgIpc) is 2.76. The summed E-state index contributed by atoms with van der Waals surface area (Å²) in [6.45, 7) is 4.17. The third-order valence-corrected chi connectivity index (χ3v) is 4.90. The lowest BCUT2D eigenvalue weighted by Crippen LogP contribution is -2.61. The first-order valence-electron chi connectivity index (χ1n) is 6.73. The highest BCUT2D eigenvalue weighted by Crippen LogP contribution is 2.43. The van der Waals surface area contributed by atoms with E-state index in [9.17, 15) is 4.79 Å². The number of carbonyl (C=O) groups is 1. The van der Waals surface area contributed by atoms with Crippen molar-refractivity contribution in [1.29, 1.82) is 0 Å². The van der Waals surface area contributed by atoms with Gasteiger partial charge in [-0.2, -0.15) is 0 Å². The second kappa shape index (κ2) is 4.25. The summed E-state index contributed by atoms with van der Waals surface area (Å²) < 4.78 is 5.41. The first-order chi connectivity index (χ1) is 8.19. The maximum Gasteiger partial charge on any atom is 0.306 e. The number of nitrogens with zero attached hydrogens (tertiary/aromatic N) is 1. The molecular weight excluding hydrogens is 218 g/mol. The molecule has 1 aliphatic carbocycles. The van der Waals surface area contributed by atoms with Crippen LogP contribution in [0.1, 0.15) is 32.1 Å². The van der Waals surface area contributed by atoms with Crippen molar-refractivity contribution in [3.8, 4) is 0 Å². The van der Waals surface area contributed by atoms with Crippen LogP contribution in [0.25, 0.3) is 0 Å². The summed E-state index contributed by atoms with van der Waals surface area (Å²) in [7, 11) is 0. The molecule has 0 aromatic heterocycles. The Bertz CT molecular complexity index is 304. The van der Waals surface area contributed by atoms with Crippen LogP contribution in [0.5, 0.6) is 0 Å². The number of rotatable bonds is 2. The SMILES string of the molecule is O=C(O)C1CCC(N2CC3(CCOCC3)C2)C1. The second-order valence-corrected chi connectivity index (χ2v) is 6.02. The number of ether oxygens (including phenoxy) is 1. The van der Waals surface area contributed by atoms with Crippen LogP contribution in [-0.4, -0.2) is 48.3 Å². The molecule has 2 atom stereocenters. The highest BCUT2D eigenvalue weighted by atomic mass is 16.5. The van der Waals surface area contributed by atoms with Gasteiger partial charge in [0.1, 0.15) is 0 Å². The summed E-state index contributed by atoms with van der Waals surface area (Å²) in [5.41, 5.74) is 0.513. The van der Waals surface area contributed by atoms with Crippen molar-refractivity contribution in [2.75, 3.05) is 26.3 Å². The Morgan fingerprint density at radius 1 is 1.24 bits per heavy atom. The number of hydrogen-bond donors (Lipinski definition) is 1. The number of carboxylic acids is 1. The Morgan fingerprint density at radius 2 is 1.94 bits per heavy atom. The van der Waals surface area contributed by atoms with Gasteiger partial charge < -0.3 is 9.84 Å². The lowest BCUT2D eigenvalue weighted by molar-refractivity contribution is -0.141. The predicted molar refractivity (Wildman–Crippen MR) is 62.8 cm³/mol. The van der Waals surface area contributed by atoms with Gasteiger partial charge >= 0.3 is 5.97 Å². The van der Waals surface area contributed by atoms with Gasteiger partial charge in [0.05, 0.1) is 5.92 Å². The minimum Gasteiger partial charge on any atom is -0.481 e. The van der Waals surface area contributed by atoms with Crippen molar-refractivity contribution in [3.05, 3.63) is 0 Å². The van der Waals surface area contributed by atoms with Crippen molar-refractivity contribution in [2.24, 2.45) is 11.3 Å². The van der Waals surface area contributed by atoms with Crippen molar-refractivity contribution < 1.29 is 14.6 Å². The van der Waals surface area contributed by atoms with Gasteiger partial charge in [0, 0.05) is 37.8 Å². The van der Waals surface area contributed by atoms with Crippen LogP contribution in [0, 0.1) is 11.3 Å². The zero-order chi connectivity index (χ0) is 11.9. The molecule has 1 spiro atoms. The highest BCUT2D eigenvalue weighted by Gasteiger charge is 2.47. The fourth-order valence-corrected chi connectivity index (χ4v) is 3.71. The lowest BCUT2D eigenvalue weighted by Gasteiger charge is -2.54. The summed E-state index contributed by atoms with van der Waals surface area (Å²) in [6.07, 6.45) is 5.19. The minimum atomic E-state index is -0.603. The highest BCUT2D eigenvalue weighted by molar-refractivity contribution is 5.70. The molecule has 0 aromatic carbocycles. The molecule has 0 radical (unpaired) electrons. The van der Waals surface area contributed by atoms with Crippen LogP contribution < -0.4 is 0 Å².